The van der Waals surface area contributed by atoms with Gasteiger partial charge in [0.05, 0.1) is 0 Å². The number of aliphatic hydroxyl groups excluding tert-OH is 1. The normalized spacial score (nSPS) is 16.5. The molecule has 26 heavy (non-hydrogen) atoms. The van der Waals surface area contributed by atoms with Crippen LogP contribution in [-0.4, -0.2) is 60.5 Å². The van der Waals surface area contributed by atoms with Crippen molar-refractivity contribution in [3.63, 3.8) is 0 Å². The van der Waals surface area contributed by atoms with Crippen LogP contribution in [0.4, 0.5) is 5.69 Å². The van der Waals surface area contributed by atoms with Gasteiger partial charge in [0.25, 0.3) is 0 Å². The Kier molecular flexibility index (Phi) is 6.01. The van der Waals surface area contributed by atoms with Gasteiger partial charge in [-0.2, -0.15) is 0 Å². The highest BCUT2D eigenvalue weighted by molar-refractivity contribution is 5.51. The van der Waals surface area contributed by atoms with E-state index < -0.39 is 6.10 Å². The highest BCUT2D eigenvalue weighted by Gasteiger charge is 2.20. The summed E-state index contributed by atoms with van der Waals surface area (Å²) >= 11 is 0. The van der Waals surface area contributed by atoms with Gasteiger partial charge < -0.3 is 19.8 Å². The number of rotatable bonds is 6. The van der Waals surface area contributed by atoms with Crippen LogP contribution < -0.4 is 9.64 Å². The zero-order chi connectivity index (χ0) is 18.5. The molecule has 0 spiro atoms. The van der Waals surface area contributed by atoms with Gasteiger partial charge in [0.2, 0.25) is 0 Å². The quantitative estimate of drug-likeness (QED) is 0.833. The highest BCUT2D eigenvalue weighted by atomic mass is 16.5. The predicted octanol–water partition coefficient (Wildman–Crippen LogP) is 2.57. The molecule has 5 nitrogen and oxygen atoms in total. The molecule has 1 aliphatic heterocycles. The summed E-state index contributed by atoms with van der Waals surface area (Å²) in [5, 5.41) is 19.5. The zero-order valence-corrected chi connectivity index (χ0v) is 15.6. The standard InChI is InChI=1S/C21H28N2O3/c1-16-3-4-18(13-17(16)2)23-11-9-22(10-12-23)14-20(25)15-26-21-7-5-19(24)6-8-21/h3-8,13,20,24-25H,9-12,14-15H2,1-2H3/t20-/m0/s1. The molecule has 3 rings (SSSR count). The van der Waals surface area contributed by atoms with Crippen LogP contribution in [0.5, 0.6) is 11.5 Å². The van der Waals surface area contributed by atoms with Crippen LogP contribution in [0, 0.1) is 13.8 Å². The maximum atomic E-state index is 10.2. The van der Waals surface area contributed by atoms with Crippen molar-refractivity contribution in [1.82, 2.24) is 4.90 Å². The largest absolute Gasteiger partial charge is 0.508 e. The summed E-state index contributed by atoms with van der Waals surface area (Å²) in [4.78, 5) is 4.69. The van der Waals surface area contributed by atoms with Crippen molar-refractivity contribution in [3.05, 3.63) is 53.6 Å². The van der Waals surface area contributed by atoms with Crippen LogP contribution in [0.15, 0.2) is 42.5 Å². The number of nitrogens with zero attached hydrogens (tertiary/aromatic N) is 2. The molecule has 0 bridgehead atoms. The Morgan fingerprint density at radius 3 is 2.31 bits per heavy atom. The molecule has 2 N–H and O–H groups in total. The molecule has 0 radical (unpaired) electrons. The number of hydrogen-bond donors (Lipinski definition) is 2. The number of phenols is 1. The number of hydrogen-bond acceptors (Lipinski definition) is 5. The van der Waals surface area contributed by atoms with Gasteiger partial charge >= 0.3 is 0 Å². The van der Waals surface area contributed by atoms with E-state index in [4.69, 9.17) is 4.74 Å². The first-order chi connectivity index (χ1) is 12.5. The lowest BCUT2D eigenvalue weighted by atomic mass is 10.1. The summed E-state index contributed by atoms with van der Waals surface area (Å²) in [6.45, 7) is 8.95. The molecule has 2 aromatic carbocycles. The van der Waals surface area contributed by atoms with E-state index in [9.17, 15) is 10.2 Å². The fourth-order valence-corrected chi connectivity index (χ4v) is 3.20. The molecule has 5 heteroatoms. The summed E-state index contributed by atoms with van der Waals surface area (Å²) < 4.78 is 5.58. The van der Waals surface area contributed by atoms with Crippen molar-refractivity contribution in [3.8, 4) is 11.5 Å². The minimum absolute atomic E-state index is 0.208. The van der Waals surface area contributed by atoms with Crippen molar-refractivity contribution in [1.29, 1.82) is 0 Å². The van der Waals surface area contributed by atoms with Gasteiger partial charge in [0.1, 0.15) is 24.2 Å². The molecule has 0 amide bonds. The molecule has 0 aliphatic carbocycles. The van der Waals surface area contributed by atoms with Gasteiger partial charge in [0.15, 0.2) is 0 Å². The average molecular weight is 356 g/mol. The minimum Gasteiger partial charge on any atom is -0.508 e. The fraction of sp³-hybridized carbons (Fsp3) is 0.429. The van der Waals surface area contributed by atoms with Crippen LogP contribution in [0.25, 0.3) is 0 Å². The number of aliphatic hydroxyl groups is 1. The molecule has 1 aliphatic rings. The van der Waals surface area contributed by atoms with E-state index in [1.807, 2.05) is 0 Å². The third-order valence-corrected chi connectivity index (χ3v) is 4.98. The third kappa shape index (κ3) is 4.90. The maximum Gasteiger partial charge on any atom is 0.119 e. The number of benzene rings is 2. The van der Waals surface area contributed by atoms with Gasteiger partial charge in [-0.15, -0.1) is 0 Å². The Morgan fingerprint density at radius 2 is 1.65 bits per heavy atom. The molecule has 1 saturated heterocycles. The van der Waals surface area contributed by atoms with Crippen molar-refractivity contribution in [2.24, 2.45) is 0 Å². The molecule has 1 heterocycles. The molecule has 0 unspecified atom stereocenters. The lowest BCUT2D eigenvalue weighted by Gasteiger charge is -2.37. The number of phenolic OH excluding ortho intramolecular Hbond substituents is 1. The van der Waals surface area contributed by atoms with E-state index in [0.717, 1.165) is 26.2 Å². The molecule has 1 atom stereocenters. The van der Waals surface area contributed by atoms with E-state index in [-0.39, 0.29) is 12.4 Å². The number of β-amino-alcohol motifs (C(OH)–C–C–N with tert-alkyl or cyclic N) is 1. The van der Waals surface area contributed by atoms with Crippen LogP contribution in [0.3, 0.4) is 0 Å². The average Bonchev–Trinajstić information content (AvgIpc) is 2.64. The van der Waals surface area contributed by atoms with Crippen LogP contribution in [0.1, 0.15) is 11.1 Å². The number of aryl methyl sites for hydroxylation is 2. The van der Waals surface area contributed by atoms with E-state index in [1.165, 1.54) is 16.8 Å². The molecule has 2 aromatic rings. The summed E-state index contributed by atoms with van der Waals surface area (Å²) in [5.74, 6) is 0.862. The Labute approximate surface area is 155 Å². The van der Waals surface area contributed by atoms with Gasteiger partial charge in [0, 0.05) is 38.4 Å². The lowest BCUT2D eigenvalue weighted by molar-refractivity contribution is 0.0663. The minimum atomic E-state index is -0.531. The first-order valence-corrected chi connectivity index (χ1v) is 9.16. The number of anilines is 1. The van der Waals surface area contributed by atoms with Gasteiger partial charge in [-0.25, -0.2) is 0 Å². The van der Waals surface area contributed by atoms with Crippen molar-refractivity contribution >= 4 is 5.69 Å². The molecular formula is C21H28N2O3. The summed E-state index contributed by atoms with van der Waals surface area (Å²) in [5.41, 5.74) is 3.93. The zero-order valence-electron chi connectivity index (χ0n) is 15.6. The van der Waals surface area contributed by atoms with Crippen molar-refractivity contribution < 1.29 is 14.9 Å². The van der Waals surface area contributed by atoms with E-state index in [0.29, 0.717) is 12.3 Å². The van der Waals surface area contributed by atoms with Crippen LogP contribution in [0.2, 0.25) is 0 Å². The van der Waals surface area contributed by atoms with Crippen LogP contribution >= 0.6 is 0 Å². The number of ether oxygens (including phenoxy) is 1. The Balaban J connectivity index is 1.43. The predicted molar refractivity (Wildman–Crippen MR) is 104 cm³/mol. The first-order valence-electron chi connectivity index (χ1n) is 9.16. The van der Waals surface area contributed by atoms with Gasteiger partial charge in [-0.3, -0.25) is 4.90 Å². The summed E-state index contributed by atoms with van der Waals surface area (Å²) in [7, 11) is 0. The third-order valence-electron chi connectivity index (χ3n) is 4.98. The topological polar surface area (TPSA) is 56.2 Å². The molecule has 0 aromatic heterocycles. The fourth-order valence-electron chi connectivity index (χ4n) is 3.20. The number of aromatic hydroxyl groups is 1. The van der Waals surface area contributed by atoms with E-state index >= 15 is 0 Å². The summed E-state index contributed by atoms with van der Waals surface area (Å²) in [6.07, 6.45) is -0.531. The molecule has 0 saturated carbocycles. The maximum absolute atomic E-state index is 10.2. The SMILES string of the molecule is Cc1ccc(N2CCN(C[C@H](O)COc3ccc(O)cc3)CC2)cc1C. The number of piperazine rings is 1. The first kappa shape index (κ1) is 18.5. The van der Waals surface area contributed by atoms with E-state index in [1.54, 1.807) is 24.3 Å². The Morgan fingerprint density at radius 1 is 0.962 bits per heavy atom. The smallest absolute Gasteiger partial charge is 0.119 e. The highest BCUT2D eigenvalue weighted by Crippen LogP contribution is 2.20. The lowest BCUT2D eigenvalue weighted by Crippen LogP contribution is -2.49. The van der Waals surface area contributed by atoms with Gasteiger partial charge in [-0.1, -0.05) is 6.07 Å². The second-order valence-electron chi connectivity index (χ2n) is 7.01. The van der Waals surface area contributed by atoms with Crippen LogP contribution in [-0.2, 0) is 0 Å². The van der Waals surface area contributed by atoms with Crippen molar-refractivity contribution in [2.45, 2.75) is 20.0 Å². The second kappa shape index (κ2) is 8.43. The van der Waals surface area contributed by atoms with Gasteiger partial charge in [-0.05, 0) is 61.4 Å². The second-order valence-corrected chi connectivity index (χ2v) is 7.01. The van der Waals surface area contributed by atoms with E-state index in [2.05, 4.69) is 41.8 Å². The Bertz CT molecular complexity index is 710. The summed E-state index contributed by atoms with van der Waals surface area (Å²) in [6, 6.07) is 13.2. The molecule has 140 valence electrons. The molecular weight excluding hydrogens is 328 g/mol. The van der Waals surface area contributed by atoms with Crippen molar-refractivity contribution in [2.75, 3.05) is 44.2 Å². The monoisotopic (exact) mass is 356 g/mol. The Hall–Kier alpha value is -2.24. The molecule has 1 fully saturated rings.